The van der Waals surface area contributed by atoms with Crippen LogP contribution < -0.4 is 10.2 Å². The van der Waals surface area contributed by atoms with Crippen LogP contribution in [0, 0.1) is 0 Å². The fraction of sp³-hybridized carbons (Fsp3) is 0.667. The van der Waals surface area contributed by atoms with Gasteiger partial charge in [0.15, 0.2) is 11.5 Å². The van der Waals surface area contributed by atoms with Crippen molar-refractivity contribution in [3.05, 3.63) is 17.8 Å². The lowest BCUT2D eigenvalue weighted by atomic mass is 9.96. The maximum absolute atomic E-state index is 11.9. The predicted molar refractivity (Wildman–Crippen MR) is 83.6 cm³/mol. The number of nitrogens with zero attached hydrogens (tertiary/aromatic N) is 4. The molecule has 0 saturated carbocycles. The number of nitrogens with one attached hydrogen (secondary N) is 1. The third kappa shape index (κ3) is 3.50. The van der Waals surface area contributed by atoms with Crippen LogP contribution in [-0.2, 0) is 0 Å². The second-order valence-corrected chi connectivity index (χ2v) is 5.81. The Morgan fingerprint density at radius 1 is 1.38 bits per heavy atom. The summed E-state index contributed by atoms with van der Waals surface area (Å²) < 4.78 is 0. The van der Waals surface area contributed by atoms with Crippen LogP contribution in [0.5, 0.6) is 0 Å². The van der Waals surface area contributed by atoms with Gasteiger partial charge in [0.1, 0.15) is 0 Å². The maximum atomic E-state index is 11.9. The number of rotatable bonds is 4. The standard InChI is InChI=1S/C15H25N5O/c1-11(16-2)13-7-5-6-10-20(13)14-9-8-12(17-18-14)15(21)19(3)4/h8-9,11,13,16H,5-7,10H2,1-4H3. The van der Waals surface area contributed by atoms with Crippen LogP contribution in [0.25, 0.3) is 0 Å². The van der Waals surface area contributed by atoms with Gasteiger partial charge in [-0.15, -0.1) is 10.2 Å². The van der Waals surface area contributed by atoms with Crippen LogP contribution in [-0.4, -0.2) is 60.8 Å². The van der Waals surface area contributed by atoms with Gasteiger partial charge in [0, 0.05) is 32.7 Å². The van der Waals surface area contributed by atoms with Gasteiger partial charge in [-0.2, -0.15) is 0 Å². The molecule has 0 aliphatic carbocycles. The van der Waals surface area contributed by atoms with E-state index in [2.05, 4.69) is 27.3 Å². The van der Waals surface area contributed by atoms with Crippen molar-refractivity contribution in [2.75, 3.05) is 32.6 Å². The normalized spacial score (nSPS) is 20.2. The summed E-state index contributed by atoms with van der Waals surface area (Å²) in [6.45, 7) is 3.19. The molecule has 1 N–H and O–H groups in total. The number of piperidine rings is 1. The minimum atomic E-state index is -0.118. The lowest BCUT2D eigenvalue weighted by Crippen LogP contribution is -2.50. The van der Waals surface area contributed by atoms with Crippen molar-refractivity contribution >= 4 is 11.7 Å². The summed E-state index contributed by atoms with van der Waals surface area (Å²) in [6.07, 6.45) is 3.58. The molecule has 6 nitrogen and oxygen atoms in total. The van der Waals surface area contributed by atoms with Crippen LogP contribution in [0.2, 0.25) is 0 Å². The molecular weight excluding hydrogens is 266 g/mol. The summed E-state index contributed by atoms with van der Waals surface area (Å²) in [7, 11) is 5.42. The Hall–Kier alpha value is -1.69. The van der Waals surface area contributed by atoms with E-state index in [1.165, 1.54) is 17.7 Å². The molecule has 2 atom stereocenters. The summed E-state index contributed by atoms with van der Waals surface area (Å²) in [4.78, 5) is 15.7. The first-order chi connectivity index (χ1) is 10.0. The van der Waals surface area contributed by atoms with Gasteiger partial charge in [-0.25, -0.2) is 0 Å². The summed E-state index contributed by atoms with van der Waals surface area (Å²) in [5, 5.41) is 11.7. The molecule has 6 heteroatoms. The first-order valence-corrected chi connectivity index (χ1v) is 7.54. The van der Waals surface area contributed by atoms with Crippen molar-refractivity contribution in [2.24, 2.45) is 0 Å². The van der Waals surface area contributed by atoms with E-state index in [9.17, 15) is 4.79 Å². The fourth-order valence-corrected chi connectivity index (χ4v) is 2.78. The van der Waals surface area contributed by atoms with Crippen molar-refractivity contribution in [1.82, 2.24) is 20.4 Å². The fourth-order valence-electron chi connectivity index (χ4n) is 2.78. The molecule has 1 aromatic heterocycles. The van der Waals surface area contributed by atoms with Crippen LogP contribution in [0.4, 0.5) is 5.82 Å². The highest BCUT2D eigenvalue weighted by atomic mass is 16.2. The Kier molecular flexibility index (Phi) is 5.12. The van der Waals surface area contributed by atoms with Gasteiger partial charge in [0.25, 0.3) is 5.91 Å². The minimum Gasteiger partial charge on any atom is -0.351 e. The maximum Gasteiger partial charge on any atom is 0.273 e. The molecule has 1 aliphatic heterocycles. The molecule has 1 aromatic rings. The molecule has 2 unspecified atom stereocenters. The van der Waals surface area contributed by atoms with E-state index in [0.29, 0.717) is 17.8 Å². The van der Waals surface area contributed by atoms with Crippen LogP contribution in [0.1, 0.15) is 36.7 Å². The topological polar surface area (TPSA) is 61.4 Å². The van der Waals surface area contributed by atoms with Crippen LogP contribution >= 0.6 is 0 Å². The zero-order valence-corrected chi connectivity index (χ0v) is 13.3. The minimum absolute atomic E-state index is 0.118. The van der Waals surface area contributed by atoms with Gasteiger partial charge >= 0.3 is 0 Å². The molecular formula is C15H25N5O. The Labute approximate surface area is 126 Å². The SMILES string of the molecule is CNC(C)C1CCCCN1c1ccc(C(=O)N(C)C)nn1. The van der Waals surface area contributed by atoms with Crippen molar-refractivity contribution in [1.29, 1.82) is 0 Å². The highest BCUT2D eigenvalue weighted by molar-refractivity contribution is 5.91. The molecule has 0 bridgehead atoms. The molecule has 1 aliphatic rings. The van der Waals surface area contributed by atoms with Crippen molar-refractivity contribution in [2.45, 2.75) is 38.3 Å². The number of carbonyl (C=O) groups is 1. The Morgan fingerprint density at radius 3 is 2.71 bits per heavy atom. The lowest BCUT2D eigenvalue weighted by Gasteiger charge is -2.39. The lowest BCUT2D eigenvalue weighted by molar-refractivity contribution is 0.0821. The number of carbonyl (C=O) groups excluding carboxylic acids is 1. The first-order valence-electron chi connectivity index (χ1n) is 7.54. The molecule has 21 heavy (non-hydrogen) atoms. The van der Waals surface area contributed by atoms with Crippen LogP contribution in [0.15, 0.2) is 12.1 Å². The third-order valence-corrected chi connectivity index (χ3v) is 4.15. The molecule has 2 rings (SSSR count). The van der Waals surface area contributed by atoms with E-state index in [0.717, 1.165) is 18.8 Å². The Bertz CT molecular complexity index is 473. The van der Waals surface area contributed by atoms with E-state index in [1.54, 1.807) is 20.2 Å². The molecule has 2 heterocycles. The number of anilines is 1. The highest BCUT2D eigenvalue weighted by Gasteiger charge is 2.28. The summed E-state index contributed by atoms with van der Waals surface area (Å²) in [6, 6.07) is 4.49. The van der Waals surface area contributed by atoms with E-state index in [-0.39, 0.29) is 5.91 Å². The monoisotopic (exact) mass is 291 g/mol. The summed E-state index contributed by atoms with van der Waals surface area (Å²) >= 11 is 0. The molecule has 1 saturated heterocycles. The quantitative estimate of drug-likeness (QED) is 0.901. The van der Waals surface area contributed by atoms with E-state index >= 15 is 0 Å². The molecule has 0 aromatic carbocycles. The molecule has 0 radical (unpaired) electrons. The zero-order chi connectivity index (χ0) is 15.4. The number of hydrogen-bond acceptors (Lipinski definition) is 5. The van der Waals surface area contributed by atoms with Gasteiger partial charge < -0.3 is 15.1 Å². The number of amides is 1. The first kappa shape index (κ1) is 15.7. The van der Waals surface area contributed by atoms with Crippen molar-refractivity contribution in [3.8, 4) is 0 Å². The molecule has 1 amide bonds. The van der Waals surface area contributed by atoms with Gasteiger partial charge in [-0.1, -0.05) is 0 Å². The van der Waals surface area contributed by atoms with Crippen molar-refractivity contribution in [3.63, 3.8) is 0 Å². The van der Waals surface area contributed by atoms with Gasteiger partial charge in [0.05, 0.1) is 0 Å². The third-order valence-electron chi connectivity index (χ3n) is 4.15. The second-order valence-electron chi connectivity index (χ2n) is 5.81. The number of likely N-dealkylation sites (N-methyl/N-ethyl adjacent to an activating group) is 1. The second kappa shape index (κ2) is 6.85. The molecule has 116 valence electrons. The van der Waals surface area contributed by atoms with E-state index in [1.807, 2.05) is 13.1 Å². The summed E-state index contributed by atoms with van der Waals surface area (Å²) in [5.74, 6) is 0.741. The predicted octanol–water partition coefficient (Wildman–Crippen LogP) is 1.15. The average molecular weight is 291 g/mol. The average Bonchev–Trinajstić information content (AvgIpc) is 2.53. The molecule has 0 spiro atoms. The highest BCUT2D eigenvalue weighted by Crippen LogP contribution is 2.24. The molecule has 1 fully saturated rings. The van der Waals surface area contributed by atoms with E-state index < -0.39 is 0 Å². The van der Waals surface area contributed by atoms with E-state index in [4.69, 9.17) is 0 Å². The van der Waals surface area contributed by atoms with Gasteiger partial charge in [-0.05, 0) is 45.4 Å². The largest absolute Gasteiger partial charge is 0.351 e. The number of hydrogen-bond donors (Lipinski definition) is 1. The van der Waals surface area contributed by atoms with Gasteiger partial charge in [-0.3, -0.25) is 4.79 Å². The van der Waals surface area contributed by atoms with Crippen molar-refractivity contribution < 1.29 is 4.79 Å². The zero-order valence-electron chi connectivity index (χ0n) is 13.3. The smallest absolute Gasteiger partial charge is 0.273 e. The van der Waals surface area contributed by atoms with Gasteiger partial charge in [0.2, 0.25) is 0 Å². The summed E-state index contributed by atoms with van der Waals surface area (Å²) in [5.41, 5.74) is 0.388. The van der Waals surface area contributed by atoms with Crippen LogP contribution in [0.3, 0.4) is 0 Å². The Morgan fingerprint density at radius 2 is 2.14 bits per heavy atom. The Balaban J connectivity index is 2.18. The number of aromatic nitrogens is 2.